The molecule has 1 amide bonds. The Hall–Kier alpha value is -1.92. The van der Waals surface area contributed by atoms with Crippen molar-refractivity contribution in [2.75, 3.05) is 0 Å². The Morgan fingerprint density at radius 3 is 2.43 bits per heavy atom. The Labute approximate surface area is 176 Å². The van der Waals surface area contributed by atoms with Crippen molar-refractivity contribution in [1.29, 1.82) is 0 Å². The Morgan fingerprint density at radius 2 is 1.89 bits per heavy atom. The van der Waals surface area contributed by atoms with Crippen LogP contribution in [0.5, 0.6) is 5.75 Å². The minimum atomic E-state index is -0.888. The average molecular weight is 432 g/mol. The van der Waals surface area contributed by atoms with Crippen LogP contribution in [-0.4, -0.2) is 35.9 Å². The zero-order valence-electron chi connectivity index (χ0n) is 16.8. The highest BCUT2D eigenvalue weighted by Gasteiger charge is 2.27. The summed E-state index contributed by atoms with van der Waals surface area (Å²) in [4.78, 5) is 24.1. The summed E-state index contributed by atoms with van der Waals surface area (Å²) in [5.74, 6) is -0.195. The predicted molar refractivity (Wildman–Crippen MR) is 110 cm³/mol. The van der Waals surface area contributed by atoms with E-state index in [4.69, 9.17) is 37.4 Å². The van der Waals surface area contributed by atoms with Gasteiger partial charge in [0, 0.05) is 11.4 Å². The summed E-state index contributed by atoms with van der Waals surface area (Å²) in [6.45, 7) is 12.1. The number of hydrogen-bond donors (Lipinski definition) is 1. The molecule has 0 aliphatic carbocycles. The Kier molecular flexibility index (Phi) is 9.11. The number of amides is 1. The third-order valence-electron chi connectivity index (χ3n) is 3.48. The first-order valence-electron chi connectivity index (χ1n) is 8.85. The zero-order chi connectivity index (χ0) is 21.5. The van der Waals surface area contributed by atoms with Crippen LogP contribution in [0.1, 0.15) is 41.0 Å². The normalized spacial score (nSPS) is 14.4. The maximum Gasteiger partial charge on any atom is 0.408 e. The molecule has 8 heteroatoms. The zero-order valence-corrected chi connectivity index (χ0v) is 18.3. The van der Waals surface area contributed by atoms with E-state index < -0.39 is 35.9 Å². The maximum absolute atomic E-state index is 12.3. The lowest BCUT2D eigenvalue weighted by molar-refractivity contribution is -0.154. The highest BCUT2D eigenvalue weighted by atomic mass is 35.5. The number of halogens is 2. The van der Waals surface area contributed by atoms with Gasteiger partial charge in [-0.1, -0.05) is 29.3 Å². The summed E-state index contributed by atoms with van der Waals surface area (Å²) in [7, 11) is 0. The van der Waals surface area contributed by atoms with Crippen molar-refractivity contribution < 1.29 is 23.8 Å². The Balaban J connectivity index is 2.71. The predicted octanol–water partition coefficient (Wildman–Crippen LogP) is 5.16. The van der Waals surface area contributed by atoms with E-state index in [0.717, 1.165) is 0 Å². The van der Waals surface area contributed by atoms with Gasteiger partial charge in [0.15, 0.2) is 0 Å². The molecular formula is C20H27Cl2NO5. The molecule has 1 aromatic rings. The second-order valence-corrected chi connectivity index (χ2v) is 8.11. The van der Waals surface area contributed by atoms with Crippen molar-refractivity contribution in [3.8, 4) is 5.75 Å². The molecule has 1 N–H and O–H groups in total. The van der Waals surface area contributed by atoms with Crippen molar-refractivity contribution in [3.05, 3.63) is 40.9 Å². The molecule has 0 aliphatic heterocycles. The smallest absolute Gasteiger partial charge is 0.408 e. The minimum Gasteiger partial charge on any atom is -0.485 e. The molecule has 0 heterocycles. The summed E-state index contributed by atoms with van der Waals surface area (Å²) >= 11 is 12.0. The third kappa shape index (κ3) is 8.40. The number of hydrogen-bond acceptors (Lipinski definition) is 5. The van der Waals surface area contributed by atoms with Crippen LogP contribution in [-0.2, 0) is 14.3 Å². The molecule has 0 aliphatic rings. The summed E-state index contributed by atoms with van der Waals surface area (Å²) in [6.07, 6.45) is 0.230. The number of benzene rings is 1. The van der Waals surface area contributed by atoms with Gasteiger partial charge in [0.05, 0.1) is 5.02 Å². The van der Waals surface area contributed by atoms with Crippen molar-refractivity contribution in [1.82, 2.24) is 5.32 Å². The van der Waals surface area contributed by atoms with Gasteiger partial charge < -0.3 is 19.5 Å². The standard InChI is InChI=1S/C20H27Cl2NO5/c1-7-8-16(27-17-10-9-14(21)11-15(17)22)13(3)26-18(24)12(2)23-19(25)28-20(4,5)6/h7,9-13,16H,1,8H2,2-6H3,(H,23,25)/t12-,13-,16+/m0/s1. The maximum atomic E-state index is 12.3. The van der Waals surface area contributed by atoms with E-state index in [0.29, 0.717) is 22.2 Å². The van der Waals surface area contributed by atoms with E-state index in [1.807, 2.05) is 0 Å². The van der Waals surface area contributed by atoms with Crippen LogP contribution in [0.15, 0.2) is 30.9 Å². The van der Waals surface area contributed by atoms with Crippen molar-refractivity contribution in [2.24, 2.45) is 0 Å². The van der Waals surface area contributed by atoms with E-state index in [9.17, 15) is 9.59 Å². The highest BCUT2D eigenvalue weighted by molar-refractivity contribution is 6.35. The lowest BCUT2D eigenvalue weighted by Gasteiger charge is -2.26. The van der Waals surface area contributed by atoms with Gasteiger partial charge in [0.2, 0.25) is 0 Å². The highest BCUT2D eigenvalue weighted by Crippen LogP contribution is 2.29. The molecule has 0 bridgehead atoms. The second kappa shape index (κ2) is 10.6. The van der Waals surface area contributed by atoms with Crippen molar-refractivity contribution in [2.45, 2.75) is 64.9 Å². The average Bonchev–Trinajstić information content (AvgIpc) is 2.54. The summed E-state index contributed by atoms with van der Waals surface area (Å²) in [5.41, 5.74) is -0.665. The van der Waals surface area contributed by atoms with Crippen LogP contribution in [0.4, 0.5) is 4.79 Å². The van der Waals surface area contributed by atoms with E-state index in [2.05, 4.69) is 11.9 Å². The quantitative estimate of drug-likeness (QED) is 0.454. The van der Waals surface area contributed by atoms with Crippen LogP contribution in [0.25, 0.3) is 0 Å². The Morgan fingerprint density at radius 1 is 1.25 bits per heavy atom. The molecule has 0 saturated heterocycles. The van der Waals surface area contributed by atoms with Crippen LogP contribution in [0, 0.1) is 0 Å². The lowest BCUT2D eigenvalue weighted by atomic mass is 10.1. The first-order chi connectivity index (χ1) is 12.9. The molecule has 3 atom stereocenters. The monoisotopic (exact) mass is 431 g/mol. The second-order valence-electron chi connectivity index (χ2n) is 7.27. The molecule has 28 heavy (non-hydrogen) atoms. The van der Waals surface area contributed by atoms with Crippen LogP contribution in [0.3, 0.4) is 0 Å². The largest absolute Gasteiger partial charge is 0.485 e. The van der Waals surface area contributed by atoms with E-state index >= 15 is 0 Å². The number of carbonyl (C=O) groups is 2. The fourth-order valence-electron chi connectivity index (χ4n) is 2.14. The van der Waals surface area contributed by atoms with Crippen LogP contribution in [0.2, 0.25) is 10.0 Å². The first kappa shape index (κ1) is 24.1. The van der Waals surface area contributed by atoms with Gasteiger partial charge in [0.25, 0.3) is 0 Å². The molecule has 0 unspecified atom stereocenters. The summed E-state index contributed by atoms with van der Waals surface area (Å²) in [6, 6.07) is 3.97. The number of ether oxygens (including phenoxy) is 3. The molecule has 156 valence electrons. The molecule has 1 aromatic carbocycles. The van der Waals surface area contributed by atoms with Gasteiger partial charge in [-0.2, -0.15) is 0 Å². The fraction of sp³-hybridized carbons (Fsp3) is 0.500. The SMILES string of the molecule is C=CC[C@@H](Oc1ccc(Cl)cc1Cl)[C@H](C)OC(=O)[C@H](C)NC(=O)OC(C)(C)C. The van der Waals surface area contributed by atoms with Gasteiger partial charge >= 0.3 is 12.1 Å². The number of nitrogens with one attached hydrogen (secondary N) is 1. The number of alkyl carbamates (subject to hydrolysis) is 1. The molecule has 0 radical (unpaired) electrons. The number of rotatable bonds is 8. The van der Waals surface area contributed by atoms with E-state index in [-0.39, 0.29) is 0 Å². The number of esters is 1. The minimum absolute atomic E-state index is 0.347. The van der Waals surface area contributed by atoms with Gasteiger partial charge in [0.1, 0.15) is 29.6 Å². The molecule has 1 rings (SSSR count). The van der Waals surface area contributed by atoms with Crippen LogP contribution >= 0.6 is 23.2 Å². The van der Waals surface area contributed by atoms with Crippen LogP contribution < -0.4 is 10.1 Å². The topological polar surface area (TPSA) is 73.9 Å². The van der Waals surface area contributed by atoms with Crippen molar-refractivity contribution in [3.63, 3.8) is 0 Å². The Bertz CT molecular complexity index is 702. The van der Waals surface area contributed by atoms with E-state index in [1.54, 1.807) is 52.0 Å². The lowest BCUT2D eigenvalue weighted by Crippen LogP contribution is -2.44. The first-order valence-corrected chi connectivity index (χ1v) is 9.61. The van der Waals surface area contributed by atoms with Gasteiger partial charge in [-0.15, -0.1) is 6.58 Å². The molecule has 0 fully saturated rings. The molecule has 0 aromatic heterocycles. The van der Waals surface area contributed by atoms with Gasteiger partial charge in [-0.25, -0.2) is 9.59 Å². The van der Waals surface area contributed by atoms with Crippen molar-refractivity contribution >= 4 is 35.3 Å². The van der Waals surface area contributed by atoms with E-state index in [1.165, 1.54) is 6.92 Å². The third-order valence-corrected chi connectivity index (χ3v) is 4.01. The number of carbonyl (C=O) groups excluding carboxylic acids is 2. The van der Waals surface area contributed by atoms with Gasteiger partial charge in [-0.3, -0.25) is 0 Å². The molecular weight excluding hydrogens is 405 g/mol. The molecule has 0 saturated carbocycles. The molecule has 0 spiro atoms. The molecule has 6 nitrogen and oxygen atoms in total. The summed E-state index contributed by atoms with van der Waals surface area (Å²) in [5, 5.41) is 3.28. The summed E-state index contributed by atoms with van der Waals surface area (Å²) < 4.78 is 16.5. The fourth-order valence-corrected chi connectivity index (χ4v) is 2.59. The van der Waals surface area contributed by atoms with Gasteiger partial charge in [-0.05, 0) is 52.8 Å².